The Morgan fingerprint density at radius 2 is 2.33 bits per heavy atom. The molecule has 1 fully saturated rings. The molecule has 0 unspecified atom stereocenters. The molecule has 1 aliphatic rings. The normalized spacial score (nSPS) is 13.6. The van der Waals surface area contributed by atoms with Crippen molar-refractivity contribution in [2.24, 2.45) is 0 Å². The molecular formula is C16H16N2O2S. The van der Waals surface area contributed by atoms with Crippen LogP contribution >= 0.6 is 11.3 Å². The van der Waals surface area contributed by atoms with Crippen LogP contribution in [0.2, 0.25) is 0 Å². The molecular weight excluding hydrogens is 284 g/mol. The highest BCUT2D eigenvalue weighted by Gasteiger charge is 2.26. The maximum absolute atomic E-state index is 12.3. The third kappa shape index (κ3) is 3.18. The van der Waals surface area contributed by atoms with E-state index in [0.717, 1.165) is 29.0 Å². The van der Waals surface area contributed by atoms with Crippen molar-refractivity contribution in [2.75, 3.05) is 6.61 Å². The molecule has 108 valence electrons. The van der Waals surface area contributed by atoms with Crippen LogP contribution in [0.5, 0.6) is 0 Å². The van der Waals surface area contributed by atoms with Gasteiger partial charge in [-0.2, -0.15) is 0 Å². The van der Waals surface area contributed by atoms with Gasteiger partial charge in [-0.1, -0.05) is 11.8 Å². The van der Waals surface area contributed by atoms with E-state index in [9.17, 15) is 4.79 Å². The highest BCUT2D eigenvalue weighted by molar-refractivity contribution is 7.10. The molecule has 0 bridgehead atoms. The summed E-state index contributed by atoms with van der Waals surface area (Å²) in [5, 5.41) is 13.6. The Hall–Kier alpha value is -2.03. The molecule has 21 heavy (non-hydrogen) atoms. The molecule has 2 aromatic rings. The summed E-state index contributed by atoms with van der Waals surface area (Å²) in [7, 11) is 0. The first-order valence-corrected chi connectivity index (χ1v) is 7.78. The Kier molecular flexibility index (Phi) is 4.09. The highest BCUT2D eigenvalue weighted by Crippen LogP contribution is 2.35. The van der Waals surface area contributed by atoms with E-state index in [4.69, 9.17) is 5.11 Å². The molecule has 0 atom stereocenters. The van der Waals surface area contributed by atoms with Gasteiger partial charge in [0.15, 0.2) is 0 Å². The summed E-state index contributed by atoms with van der Waals surface area (Å²) in [6, 6.07) is 6.17. The fourth-order valence-electron chi connectivity index (χ4n) is 2.23. The number of hydrogen-bond acceptors (Lipinski definition) is 3. The number of nitrogens with zero attached hydrogens (tertiary/aromatic N) is 1. The number of amides is 1. The number of hydrogen-bond donors (Lipinski definition) is 2. The zero-order valence-electron chi connectivity index (χ0n) is 11.5. The Labute approximate surface area is 127 Å². The second-order valence-corrected chi connectivity index (χ2v) is 5.93. The number of carbonyl (C=O) groups is 1. The molecule has 4 nitrogen and oxygen atoms in total. The van der Waals surface area contributed by atoms with Gasteiger partial charge in [0.2, 0.25) is 0 Å². The lowest BCUT2D eigenvalue weighted by Crippen LogP contribution is -2.25. The minimum atomic E-state index is -0.156. The van der Waals surface area contributed by atoms with Crippen LogP contribution in [0.15, 0.2) is 29.8 Å². The summed E-state index contributed by atoms with van der Waals surface area (Å²) < 4.78 is 2.05. The number of aliphatic hydroxyl groups is 1. The van der Waals surface area contributed by atoms with E-state index in [1.165, 1.54) is 0 Å². The topological polar surface area (TPSA) is 54.3 Å². The molecule has 2 N–H and O–H groups in total. The van der Waals surface area contributed by atoms with Crippen LogP contribution in [0, 0.1) is 11.8 Å². The molecule has 1 saturated carbocycles. The van der Waals surface area contributed by atoms with E-state index in [1.54, 1.807) is 11.3 Å². The first-order valence-electron chi connectivity index (χ1n) is 6.90. The fourth-order valence-corrected chi connectivity index (χ4v) is 3.00. The second-order valence-electron chi connectivity index (χ2n) is 4.93. The van der Waals surface area contributed by atoms with E-state index < -0.39 is 0 Å². The van der Waals surface area contributed by atoms with Crippen molar-refractivity contribution < 1.29 is 9.90 Å². The Bertz CT molecular complexity index is 701. The summed E-state index contributed by atoms with van der Waals surface area (Å²) in [6.45, 7) is 0.304. The highest BCUT2D eigenvalue weighted by atomic mass is 32.1. The summed E-state index contributed by atoms with van der Waals surface area (Å²) in [4.78, 5) is 13.3. The van der Waals surface area contributed by atoms with E-state index >= 15 is 0 Å². The van der Waals surface area contributed by atoms with Crippen molar-refractivity contribution in [1.29, 1.82) is 0 Å². The first-order chi connectivity index (χ1) is 10.3. The minimum absolute atomic E-state index is 0.0543. The maximum atomic E-state index is 12.3. The van der Waals surface area contributed by atoms with Crippen molar-refractivity contribution in [3.8, 4) is 11.8 Å². The zero-order chi connectivity index (χ0) is 14.7. The van der Waals surface area contributed by atoms with Gasteiger partial charge < -0.3 is 15.0 Å². The van der Waals surface area contributed by atoms with Gasteiger partial charge >= 0.3 is 0 Å². The van der Waals surface area contributed by atoms with Gasteiger partial charge in [0.05, 0.1) is 6.54 Å². The average Bonchev–Trinajstić information content (AvgIpc) is 3.05. The summed E-state index contributed by atoms with van der Waals surface area (Å²) in [5.74, 6) is 5.47. The fraction of sp³-hybridized carbons (Fsp3) is 0.312. The van der Waals surface area contributed by atoms with Crippen LogP contribution in [0.3, 0.4) is 0 Å². The van der Waals surface area contributed by atoms with Crippen LogP contribution in [-0.2, 0) is 6.54 Å². The molecule has 0 aliphatic heterocycles. The molecule has 0 saturated heterocycles. The number of thiophene rings is 1. The zero-order valence-corrected chi connectivity index (χ0v) is 12.3. The second kappa shape index (κ2) is 6.17. The largest absolute Gasteiger partial charge is 0.384 e. The van der Waals surface area contributed by atoms with Crippen LogP contribution < -0.4 is 5.32 Å². The van der Waals surface area contributed by atoms with Gasteiger partial charge in [0.1, 0.15) is 12.3 Å². The Balaban J connectivity index is 1.66. The van der Waals surface area contributed by atoms with Gasteiger partial charge in [-0.15, -0.1) is 11.3 Å². The third-order valence-corrected chi connectivity index (χ3v) is 4.33. The number of nitrogens with one attached hydrogen (secondary N) is 1. The van der Waals surface area contributed by atoms with E-state index in [2.05, 4.69) is 21.7 Å². The smallest absolute Gasteiger partial charge is 0.268 e. The molecule has 1 amide bonds. The Morgan fingerprint density at radius 3 is 3.10 bits per heavy atom. The van der Waals surface area contributed by atoms with Gasteiger partial charge in [0, 0.05) is 22.7 Å². The summed E-state index contributed by atoms with van der Waals surface area (Å²) in [5.41, 5.74) is 1.59. The quantitative estimate of drug-likeness (QED) is 0.850. The monoisotopic (exact) mass is 300 g/mol. The van der Waals surface area contributed by atoms with Crippen molar-refractivity contribution in [3.05, 3.63) is 45.9 Å². The van der Waals surface area contributed by atoms with Crippen molar-refractivity contribution in [2.45, 2.75) is 25.4 Å². The van der Waals surface area contributed by atoms with Crippen molar-refractivity contribution >= 4 is 17.2 Å². The molecule has 5 heteroatoms. The Morgan fingerprint density at radius 1 is 1.48 bits per heavy atom. The lowest BCUT2D eigenvalue weighted by Gasteiger charge is -2.08. The minimum Gasteiger partial charge on any atom is -0.384 e. The van der Waals surface area contributed by atoms with Gasteiger partial charge in [-0.3, -0.25) is 4.79 Å². The van der Waals surface area contributed by atoms with Crippen molar-refractivity contribution in [3.63, 3.8) is 0 Å². The average molecular weight is 300 g/mol. The van der Waals surface area contributed by atoms with Gasteiger partial charge in [0.25, 0.3) is 5.91 Å². The number of aliphatic hydroxyl groups excluding tert-OH is 1. The van der Waals surface area contributed by atoms with E-state index in [1.807, 2.05) is 29.8 Å². The standard InChI is InChI=1S/C16H16N2O2S/c19-9-2-3-12-7-10-21-15(12)11-17-16(20)14-4-1-8-18(14)13-5-6-13/h1,4,7-8,10,13,19H,5-6,9,11H2,(H,17,20). The molecule has 0 radical (unpaired) electrons. The third-order valence-electron chi connectivity index (χ3n) is 3.41. The van der Waals surface area contributed by atoms with Crippen molar-refractivity contribution in [1.82, 2.24) is 9.88 Å². The SMILES string of the molecule is O=C(NCc1sccc1C#CCO)c1cccn1C1CC1. The van der Waals surface area contributed by atoms with Crippen LogP contribution in [0.25, 0.3) is 0 Å². The van der Waals surface area contributed by atoms with Crippen LogP contribution in [0.1, 0.15) is 39.8 Å². The lowest BCUT2D eigenvalue weighted by atomic mass is 10.2. The molecule has 0 aromatic carbocycles. The first kappa shape index (κ1) is 13.9. The predicted octanol–water partition coefficient (Wildman–Crippen LogP) is 2.16. The molecule has 0 spiro atoms. The maximum Gasteiger partial charge on any atom is 0.268 e. The number of aromatic nitrogens is 1. The molecule has 1 aliphatic carbocycles. The molecule has 2 aromatic heterocycles. The predicted molar refractivity (Wildman–Crippen MR) is 82.2 cm³/mol. The van der Waals surface area contributed by atoms with Gasteiger partial charge in [-0.05, 0) is 36.4 Å². The van der Waals surface area contributed by atoms with Gasteiger partial charge in [-0.25, -0.2) is 0 Å². The van der Waals surface area contributed by atoms with E-state index in [0.29, 0.717) is 12.6 Å². The van der Waals surface area contributed by atoms with Crippen LogP contribution in [-0.4, -0.2) is 22.2 Å². The summed E-state index contributed by atoms with van der Waals surface area (Å²) >= 11 is 1.56. The van der Waals surface area contributed by atoms with Crippen LogP contribution in [0.4, 0.5) is 0 Å². The number of rotatable bonds is 4. The molecule has 3 rings (SSSR count). The van der Waals surface area contributed by atoms with E-state index in [-0.39, 0.29) is 12.5 Å². The molecule has 2 heterocycles. The number of carbonyl (C=O) groups excluding carboxylic acids is 1. The summed E-state index contributed by atoms with van der Waals surface area (Å²) in [6.07, 6.45) is 4.28. The lowest BCUT2D eigenvalue weighted by molar-refractivity contribution is 0.0942.